The second kappa shape index (κ2) is 9.67. The topological polar surface area (TPSA) is 46.2 Å². The molecule has 0 fully saturated rings. The molecule has 0 amide bonds. The van der Waals surface area contributed by atoms with E-state index in [1.54, 1.807) is 0 Å². The van der Waals surface area contributed by atoms with E-state index < -0.39 is 0 Å². The predicted molar refractivity (Wildman–Crippen MR) is 97.6 cm³/mol. The van der Waals surface area contributed by atoms with Crippen LogP contribution in [-0.2, 0) is 0 Å². The van der Waals surface area contributed by atoms with Gasteiger partial charge < -0.3 is 23.7 Å². The van der Waals surface area contributed by atoms with Crippen LogP contribution in [0.25, 0.3) is 0 Å². The van der Waals surface area contributed by atoms with Gasteiger partial charge >= 0.3 is 0 Å². The van der Waals surface area contributed by atoms with E-state index in [1.165, 1.54) is 0 Å². The van der Waals surface area contributed by atoms with E-state index in [0.29, 0.717) is 60.9 Å². The molecule has 2 rings (SSSR count). The molecule has 0 atom stereocenters. The van der Waals surface area contributed by atoms with Crippen LogP contribution < -0.4 is 23.7 Å². The summed E-state index contributed by atoms with van der Waals surface area (Å²) in [5, 5.41) is 0. The molecule has 0 saturated carbocycles. The Hall–Kier alpha value is -2.56. The van der Waals surface area contributed by atoms with Crippen molar-refractivity contribution in [3.8, 4) is 34.5 Å². The van der Waals surface area contributed by atoms with Crippen molar-refractivity contribution < 1.29 is 23.7 Å². The SMILES string of the molecule is CCOc1cc(OCC)cc(Oc2cc(OCC)cc(OCC)c2)c1. The maximum absolute atomic E-state index is 6.01. The third-order valence-electron chi connectivity index (χ3n) is 3.19. The van der Waals surface area contributed by atoms with Gasteiger partial charge in [-0.2, -0.15) is 0 Å². The van der Waals surface area contributed by atoms with E-state index in [9.17, 15) is 0 Å². The molecule has 5 nitrogen and oxygen atoms in total. The molecule has 0 spiro atoms. The molecule has 2 aromatic rings. The third-order valence-corrected chi connectivity index (χ3v) is 3.19. The van der Waals surface area contributed by atoms with Crippen molar-refractivity contribution in [1.82, 2.24) is 0 Å². The molecule has 5 heteroatoms. The van der Waals surface area contributed by atoms with E-state index in [2.05, 4.69) is 0 Å². The van der Waals surface area contributed by atoms with Crippen molar-refractivity contribution in [1.29, 1.82) is 0 Å². The maximum atomic E-state index is 6.01. The first kappa shape index (κ1) is 18.8. The van der Waals surface area contributed by atoms with Crippen LogP contribution >= 0.6 is 0 Å². The normalized spacial score (nSPS) is 10.2. The summed E-state index contributed by atoms with van der Waals surface area (Å²) in [6, 6.07) is 11.0. The number of benzene rings is 2. The van der Waals surface area contributed by atoms with Gasteiger partial charge in [-0.25, -0.2) is 0 Å². The van der Waals surface area contributed by atoms with Gasteiger partial charge in [0.1, 0.15) is 34.5 Å². The molecule has 2 aromatic carbocycles. The molecule has 0 aromatic heterocycles. The predicted octanol–water partition coefficient (Wildman–Crippen LogP) is 5.07. The van der Waals surface area contributed by atoms with E-state index in [1.807, 2.05) is 64.1 Å². The van der Waals surface area contributed by atoms with Gasteiger partial charge in [0, 0.05) is 36.4 Å². The fraction of sp³-hybridized carbons (Fsp3) is 0.400. The highest BCUT2D eigenvalue weighted by atomic mass is 16.5. The Labute approximate surface area is 149 Å². The summed E-state index contributed by atoms with van der Waals surface area (Å²) in [5.41, 5.74) is 0. The molecule has 0 saturated heterocycles. The van der Waals surface area contributed by atoms with Crippen LogP contribution in [-0.4, -0.2) is 26.4 Å². The lowest BCUT2D eigenvalue weighted by Crippen LogP contribution is -1.98. The zero-order chi connectivity index (χ0) is 18.1. The van der Waals surface area contributed by atoms with E-state index >= 15 is 0 Å². The summed E-state index contributed by atoms with van der Waals surface area (Å²) in [5.74, 6) is 4.07. The largest absolute Gasteiger partial charge is 0.494 e. The van der Waals surface area contributed by atoms with E-state index in [4.69, 9.17) is 23.7 Å². The minimum Gasteiger partial charge on any atom is -0.494 e. The molecule has 0 aliphatic heterocycles. The van der Waals surface area contributed by atoms with Gasteiger partial charge in [0.05, 0.1) is 26.4 Å². The minimum atomic E-state index is 0.573. The molecule has 0 unspecified atom stereocenters. The first-order valence-electron chi connectivity index (χ1n) is 8.67. The Bertz CT molecular complexity index is 563. The van der Waals surface area contributed by atoms with Gasteiger partial charge in [0.25, 0.3) is 0 Å². The lowest BCUT2D eigenvalue weighted by atomic mass is 10.2. The Balaban J connectivity index is 2.30. The molecule has 0 N–H and O–H groups in total. The second-order valence-corrected chi connectivity index (χ2v) is 5.11. The molecule has 25 heavy (non-hydrogen) atoms. The first-order chi connectivity index (χ1) is 12.2. The van der Waals surface area contributed by atoms with Crippen molar-refractivity contribution in [3.63, 3.8) is 0 Å². The van der Waals surface area contributed by atoms with Crippen LogP contribution in [0.2, 0.25) is 0 Å². The molecular formula is C20H26O5. The van der Waals surface area contributed by atoms with Crippen LogP contribution in [0.15, 0.2) is 36.4 Å². The zero-order valence-electron chi connectivity index (χ0n) is 15.3. The fourth-order valence-electron chi connectivity index (χ4n) is 2.35. The van der Waals surface area contributed by atoms with Crippen LogP contribution in [0, 0.1) is 0 Å². The summed E-state index contributed by atoms with van der Waals surface area (Å²) < 4.78 is 28.4. The van der Waals surface area contributed by atoms with Crippen molar-refractivity contribution in [2.45, 2.75) is 27.7 Å². The summed E-state index contributed by atoms with van der Waals surface area (Å²) >= 11 is 0. The van der Waals surface area contributed by atoms with E-state index in [0.717, 1.165) is 0 Å². The second-order valence-electron chi connectivity index (χ2n) is 5.11. The summed E-state index contributed by atoms with van der Waals surface area (Å²) in [6.45, 7) is 10.0. The van der Waals surface area contributed by atoms with Gasteiger partial charge in [-0.15, -0.1) is 0 Å². The number of ether oxygens (including phenoxy) is 5. The van der Waals surface area contributed by atoms with Crippen LogP contribution in [0.3, 0.4) is 0 Å². The molecule has 0 bridgehead atoms. The Morgan fingerprint density at radius 2 is 0.680 bits per heavy atom. The number of hydrogen-bond donors (Lipinski definition) is 0. The van der Waals surface area contributed by atoms with Crippen LogP contribution in [0.4, 0.5) is 0 Å². The minimum absolute atomic E-state index is 0.573. The Morgan fingerprint density at radius 3 is 0.920 bits per heavy atom. The first-order valence-corrected chi connectivity index (χ1v) is 8.67. The molecule has 0 heterocycles. The fourth-order valence-corrected chi connectivity index (χ4v) is 2.35. The van der Waals surface area contributed by atoms with Gasteiger partial charge in [0.15, 0.2) is 0 Å². The average Bonchev–Trinajstić information content (AvgIpc) is 2.55. The lowest BCUT2D eigenvalue weighted by molar-refractivity contribution is 0.316. The third kappa shape index (κ3) is 5.78. The van der Waals surface area contributed by atoms with Crippen molar-refractivity contribution in [2.75, 3.05) is 26.4 Å². The molecule has 0 aliphatic rings. The maximum Gasteiger partial charge on any atom is 0.134 e. The monoisotopic (exact) mass is 346 g/mol. The Kier molecular flexibility index (Phi) is 7.26. The van der Waals surface area contributed by atoms with Crippen molar-refractivity contribution >= 4 is 0 Å². The molecule has 0 radical (unpaired) electrons. The molecule has 136 valence electrons. The number of rotatable bonds is 10. The van der Waals surface area contributed by atoms with Crippen molar-refractivity contribution in [3.05, 3.63) is 36.4 Å². The zero-order valence-corrected chi connectivity index (χ0v) is 15.3. The summed E-state index contributed by atoms with van der Waals surface area (Å²) in [4.78, 5) is 0. The van der Waals surface area contributed by atoms with Gasteiger partial charge in [0.2, 0.25) is 0 Å². The smallest absolute Gasteiger partial charge is 0.134 e. The van der Waals surface area contributed by atoms with Crippen LogP contribution in [0.5, 0.6) is 34.5 Å². The standard InChI is InChI=1S/C20H26O5/c1-5-21-15-9-16(22-6-2)12-19(11-15)25-20-13-17(23-7-3)10-18(14-20)24-8-4/h9-14H,5-8H2,1-4H3. The highest BCUT2D eigenvalue weighted by Crippen LogP contribution is 2.34. The summed E-state index contributed by atoms with van der Waals surface area (Å²) in [7, 11) is 0. The number of hydrogen-bond acceptors (Lipinski definition) is 5. The highest BCUT2D eigenvalue weighted by molar-refractivity contribution is 5.47. The quantitative estimate of drug-likeness (QED) is 0.601. The molecule has 0 aliphatic carbocycles. The van der Waals surface area contributed by atoms with Gasteiger partial charge in [-0.1, -0.05) is 0 Å². The highest BCUT2D eigenvalue weighted by Gasteiger charge is 2.08. The average molecular weight is 346 g/mol. The van der Waals surface area contributed by atoms with E-state index in [-0.39, 0.29) is 0 Å². The van der Waals surface area contributed by atoms with Gasteiger partial charge in [-0.3, -0.25) is 0 Å². The van der Waals surface area contributed by atoms with Gasteiger partial charge in [-0.05, 0) is 27.7 Å². The van der Waals surface area contributed by atoms with Crippen molar-refractivity contribution in [2.24, 2.45) is 0 Å². The molecular weight excluding hydrogens is 320 g/mol. The Morgan fingerprint density at radius 1 is 0.440 bits per heavy atom. The van der Waals surface area contributed by atoms with Crippen LogP contribution in [0.1, 0.15) is 27.7 Å². The lowest BCUT2D eigenvalue weighted by Gasteiger charge is -2.14. The summed E-state index contributed by atoms with van der Waals surface area (Å²) in [6.07, 6.45) is 0.